The largest absolute Gasteiger partial charge is 0.311 e. The van der Waals surface area contributed by atoms with E-state index in [-0.39, 0.29) is 11.8 Å². The van der Waals surface area contributed by atoms with Gasteiger partial charge in [0.25, 0.3) is 0 Å². The van der Waals surface area contributed by atoms with Crippen molar-refractivity contribution < 1.29 is 4.79 Å². The minimum atomic E-state index is 0.111. The standard InChI is InChI=1S/C9H17NO/c1-7(11)9(10-2)6-8-4-3-5-8/h8-10H,3-6H2,1-2H3/t9-/m1/s1. The Balaban J connectivity index is 2.24. The molecule has 11 heavy (non-hydrogen) atoms. The SMILES string of the molecule is CN[C@H](CC1CCC1)C(C)=O. The summed E-state index contributed by atoms with van der Waals surface area (Å²) in [7, 11) is 1.87. The first kappa shape index (κ1) is 8.72. The lowest BCUT2D eigenvalue weighted by molar-refractivity contribution is -0.119. The van der Waals surface area contributed by atoms with Crippen molar-refractivity contribution >= 4 is 5.78 Å². The Morgan fingerprint density at radius 3 is 2.55 bits per heavy atom. The van der Waals surface area contributed by atoms with Crippen LogP contribution in [0.15, 0.2) is 0 Å². The van der Waals surface area contributed by atoms with E-state index in [9.17, 15) is 4.79 Å². The van der Waals surface area contributed by atoms with Gasteiger partial charge in [-0.1, -0.05) is 19.3 Å². The quantitative estimate of drug-likeness (QED) is 0.664. The highest BCUT2D eigenvalue weighted by Crippen LogP contribution is 2.30. The first-order chi connectivity index (χ1) is 5.24. The van der Waals surface area contributed by atoms with Crippen LogP contribution in [0.4, 0.5) is 0 Å². The average molecular weight is 155 g/mol. The summed E-state index contributed by atoms with van der Waals surface area (Å²) < 4.78 is 0. The van der Waals surface area contributed by atoms with E-state index >= 15 is 0 Å². The van der Waals surface area contributed by atoms with Crippen molar-refractivity contribution in [2.45, 2.75) is 38.6 Å². The van der Waals surface area contributed by atoms with Gasteiger partial charge in [0.1, 0.15) is 5.78 Å². The molecule has 2 nitrogen and oxygen atoms in total. The van der Waals surface area contributed by atoms with E-state index in [1.54, 1.807) is 6.92 Å². The minimum Gasteiger partial charge on any atom is -0.311 e. The predicted molar refractivity (Wildman–Crippen MR) is 45.5 cm³/mol. The van der Waals surface area contributed by atoms with Crippen molar-refractivity contribution in [3.8, 4) is 0 Å². The second kappa shape index (κ2) is 3.86. The van der Waals surface area contributed by atoms with Gasteiger partial charge < -0.3 is 5.32 Å². The molecule has 1 aliphatic carbocycles. The first-order valence-corrected chi connectivity index (χ1v) is 4.41. The molecule has 0 spiro atoms. The molecule has 1 fully saturated rings. The smallest absolute Gasteiger partial charge is 0.146 e. The summed E-state index contributed by atoms with van der Waals surface area (Å²) >= 11 is 0. The van der Waals surface area contributed by atoms with Crippen LogP contribution in [0.3, 0.4) is 0 Å². The highest BCUT2D eigenvalue weighted by atomic mass is 16.1. The number of nitrogens with one attached hydrogen (secondary N) is 1. The highest BCUT2D eigenvalue weighted by molar-refractivity contribution is 5.81. The second-order valence-electron chi connectivity index (χ2n) is 3.48. The molecule has 1 atom stereocenters. The molecule has 0 radical (unpaired) electrons. The van der Waals surface area contributed by atoms with E-state index in [1.165, 1.54) is 19.3 Å². The molecule has 0 heterocycles. The van der Waals surface area contributed by atoms with Crippen molar-refractivity contribution in [2.75, 3.05) is 7.05 Å². The molecule has 1 saturated carbocycles. The number of carbonyl (C=O) groups excluding carboxylic acids is 1. The van der Waals surface area contributed by atoms with E-state index in [0.29, 0.717) is 0 Å². The van der Waals surface area contributed by atoms with Crippen LogP contribution in [0.2, 0.25) is 0 Å². The fraction of sp³-hybridized carbons (Fsp3) is 0.889. The normalized spacial score (nSPS) is 20.9. The minimum absolute atomic E-state index is 0.111. The van der Waals surface area contributed by atoms with E-state index in [0.717, 1.165) is 12.3 Å². The summed E-state index contributed by atoms with van der Waals surface area (Å²) in [6, 6.07) is 0.111. The summed E-state index contributed by atoms with van der Waals surface area (Å²) in [4.78, 5) is 11.0. The lowest BCUT2D eigenvalue weighted by Gasteiger charge is -2.28. The number of rotatable bonds is 4. The van der Waals surface area contributed by atoms with Crippen LogP contribution in [0.5, 0.6) is 0 Å². The van der Waals surface area contributed by atoms with Gasteiger partial charge in [-0.05, 0) is 26.3 Å². The summed E-state index contributed by atoms with van der Waals surface area (Å²) in [5.74, 6) is 1.09. The summed E-state index contributed by atoms with van der Waals surface area (Å²) in [5.41, 5.74) is 0. The molecule has 0 aromatic heterocycles. The number of hydrogen-bond acceptors (Lipinski definition) is 2. The van der Waals surface area contributed by atoms with Crippen molar-refractivity contribution in [3.63, 3.8) is 0 Å². The molecule has 1 aliphatic rings. The van der Waals surface area contributed by atoms with Crippen molar-refractivity contribution in [1.29, 1.82) is 0 Å². The zero-order valence-corrected chi connectivity index (χ0v) is 7.39. The van der Waals surface area contributed by atoms with Crippen molar-refractivity contribution in [3.05, 3.63) is 0 Å². The highest BCUT2D eigenvalue weighted by Gasteiger charge is 2.23. The van der Waals surface area contributed by atoms with Crippen molar-refractivity contribution in [1.82, 2.24) is 5.32 Å². The number of likely N-dealkylation sites (N-methyl/N-ethyl adjacent to an activating group) is 1. The van der Waals surface area contributed by atoms with Gasteiger partial charge in [-0.3, -0.25) is 4.79 Å². The van der Waals surface area contributed by atoms with Crippen LogP contribution in [0.25, 0.3) is 0 Å². The Morgan fingerprint density at radius 2 is 2.27 bits per heavy atom. The van der Waals surface area contributed by atoms with Gasteiger partial charge in [0.2, 0.25) is 0 Å². The third-order valence-electron chi connectivity index (χ3n) is 2.63. The molecular formula is C9H17NO. The summed E-state index contributed by atoms with van der Waals surface area (Å²) in [6.07, 6.45) is 5.06. The summed E-state index contributed by atoms with van der Waals surface area (Å²) in [6.45, 7) is 1.67. The number of hydrogen-bond donors (Lipinski definition) is 1. The Hall–Kier alpha value is -0.370. The van der Waals surface area contributed by atoms with Gasteiger partial charge in [-0.15, -0.1) is 0 Å². The van der Waals surface area contributed by atoms with Gasteiger partial charge >= 0.3 is 0 Å². The predicted octanol–water partition coefficient (Wildman–Crippen LogP) is 1.35. The molecule has 0 saturated heterocycles. The Morgan fingerprint density at radius 1 is 1.64 bits per heavy atom. The Labute approximate surface area is 68.4 Å². The monoisotopic (exact) mass is 155 g/mol. The maximum atomic E-state index is 11.0. The lowest BCUT2D eigenvalue weighted by atomic mass is 9.80. The first-order valence-electron chi connectivity index (χ1n) is 4.41. The van der Waals surface area contributed by atoms with E-state index in [4.69, 9.17) is 0 Å². The molecule has 0 aliphatic heterocycles. The van der Waals surface area contributed by atoms with E-state index in [1.807, 2.05) is 7.05 Å². The molecule has 0 unspecified atom stereocenters. The van der Waals surface area contributed by atoms with Crippen LogP contribution >= 0.6 is 0 Å². The molecule has 0 aromatic carbocycles. The molecule has 1 rings (SSSR count). The molecule has 0 aromatic rings. The van der Waals surface area contributed by atoms with Gasteiger partial charge in [-0.2, -0.15) is 0 Å². The molecular weight excluding hydrogens is 138 g/mol. The zero-order valence-electron chi connectivity index (χ0n) is 7.39. The fourth-order valence-electron chi connectivity index (χ4n) is 1.55. The number of carbonyl (C=O) groups is 1. The maximum Gasteiger partial charge on any atom is 0.146 e. The zero-order chi connectivity index (χ0) is 8.27. The fourth-order valence-corrected chi connectivity index (χ4v) is 1.55. The average Bonchev–Trinajstić information content (AvgIpc) is 1.85. The van der Waals surface area contributed by atoms with Crippen LogP contribution in [0, 0.1) is 5.92 Å². The van der Waals surface area contributed by atoms with Crippen LogP contribution in [-0.2, 0) is 4.79 Å². The van der Waals surface area contributed by atoms with Gasteiger partial charge in [0, 0.05) is 0 Å². The van der Waals surface area contributed by atoms with Crippen molar-refractivity contribution in [2.24, 2.45) is 5.92 Å². The lowest BCUT2D eigenvalue weighted by Crippen LogP contribution is -2.35. The Bertz CT molecular complexity index is 140. The third-order valence-corrected chi connectivity index (χ3v) is 2.63. The molecule has 1 N–H and O–H groups in total. The maximum absolute atomic E-state index is 11.0. The van der Waals surface area contributed by atoms with Gasteiger partial charge in [0.15, 0.2) is 0 Å². The molecule has 0 bridgehead atoms. The number of ketones is 1. The second-order valence-corrected chi connectivity index (χ2v) is 3.48. The third kappa shape index (κ3) is 2.29. The summed E-state index contributed by atoms with van der Waals surface area (Å²) in [5, 5.41) is 3.05. The van der Waals surface area contributed by atoms with Gasteiger partial charge in [0.05, 0.1) is 6.04 Å². The molecule has 0 amide bonds. The topological polar surface area (TPSA) is 29.1 Å². The van der Waals surface area contributed by atoms with E-state index in [2.05, 4.69) is 5.32 Å². The Kier molecular flexibility index (Phi) is 3.06. The number of Topliss-reactive ketones (excluding diaryl/α,β-unsaturated/α-hetero) is 1. The van der Waals surface area contributed by atoms with Crippen LogP contribution in [-0.4, -0.2) is 18.9 Å². The molecule has 64 valence electrons. The van der Waals surface area contributed by atoms with Crippen LogP contribution < -0.4 is 5.32 Å². The van der Waals surface area contributed by atoms with Crippen LogP contribution in [0.1, 0.15) is 32.6 Å². The van der Waals surface area contributed by atoms with Gasteiger partial charge in [-0.25, -0.2) is 0 Å². The van der Waals surface area contributed by atoms with E-state index < -0.39 is 0 Å². The molecule has 2 heteroatoms.